The van der Waals surface area contributed by atoms with Crippen LogP contribution in [0.2, 0.25) is 0 Å². The fourth-order valence-corrected chi connectivity index (χ4v) is 4.05. The Morgan fingerprint density at radius 2 is 1.85 bits per heavy atom. The van der Waals surface area contributed by atoms with Gasteiger partial charge in [-0.1, -0.05) is 15.9 Å². The largest absolute Gasteiger partial charge is 0.493 e. The average molecular weight is 362 g/mol. The van der Waals surface area contributed by atoms with Gasteiger partial charge >= 0.3 is 0 Å². The molecule has 1 aromatic rings. The molecule has 1 aliphatic heterocycles. The highest BCUT2D eigenvalue weighted by Crippen LogP contribution is 2.33. The van der Waals surface area contributed by atoms with Crippen LogP contribution in [0.5, 0.6) is 11.5 Å². The van der Waals surface area contributed by atoms with E-state index in [-0.39, 0.29) is 0 Å². The second-order valence-electron chi connectivity index (χ2n) is 4.80. The molecule has 6 heteroatoms. The van der Waals surface area contributed by atoms with Gasteiger partial charge in [0.1, 0.15) is 0 Å². The predicted octanol–water partition coefficient (Wildman–Crippen LogP) is 2.47. The number of methoxy groups -OCH3 is 2. The molecular weight excluding hydrogens is 342 g/mol. The minimum absolute atomic E-state index is 0.452. The summed E-state index contributed by atoms with van der Waals surface area (Å²) in [6, 6.07) is 4.36. The van der Waals surface area contributed by atoms with Crippen molar-refractivity contribution < 1.29 is 13.7 Å². The van der Waals surface area contributed by atoms with E-state index < -0.39 is 10.8 Å². The Hall–Kier alpha value is -0.590. The Balaban J connectivity index is 2.00. The first kappa shape index (κ1) is 15.8. The molecule has 112 valence electrons. The normalized spacial score (nSPS) is 22.6. The lowest BCUT2D eigenvalue weighted by atomic mass is 10.1. The maximum atomic E-state index is 11.3. The van der Waals surface area contributed by atoms with Crippen molar-refractivity contribution in [1.82, 2.24) is 5.32 Å². The van der Waals surface area contributed by atoms with Crippen molar-refractivity contribution in [2.75, 3.05) is 25.7 Å². The van der Waals surface area contributed by atoms with Crippen LogP contribution in [0.1, 0.15) is 18.4 Å². The highest BCUT2D eigenvalue weighted by molar-refractivity contribution is 9.10. The van der Waals surface area contributed by atoms with E-state index in [0.29, 0.717) is 6.04 Å². The first-order valence-corrected chi connectivity index (χ1v) is 8.91. The smallest absolute Gasteiger partial charge is 0.161 e. The van der Waals surface area contributed by atoms with Crippen molar-refractivity contribution in [3.63, 3.8) is 0 Å². The standard InChI is InChI=1S/C14H20BrNO3S/c1-18-13-7-10(12(15)8-14(13)19-2)9-16-11-3-5-20(17)6-4-11/h7-8,11,16H,3-6,9H2,1-2H3. The Kier molecular flexibility index (Phi) is 5.86. The van der Waals surface area contributed by atoms with Crippen molar-refractivity contribution >= 4 is 26.7 Å². The van der Waals surface area contributed by atoms with Crippen LogP contribution in [0.4, 0.5) is 0 Å². The molecule has 0 spiro atoms. The third-order valence-electron chi connectivity index (χ3n) is 3.52. The first-order chi connectivity index (χ1) is 9.63. The summed E-state index contributed by atoms with van der Waals surface area (Å²) in [6.07, 6.45) is 1.97. The van der Waals surface area contributed by atoms with Gasteiger partial charge in [-0.05, 0) is 30.5 Å². The van der Waals surface area contributed by atoms with Gasteiger partial charge in [0.15, 0.2) is 11.5 Å². The quantitative estimate of drug-likeness (QED) is 0.874. The molecular formula is C14H20BrNO3S. The maximum absolute atomic E-state index is 11.3. The summed E-state index contributed by atoms with van der Waals surface area (Å²) in [5, 5.41) is 3.53. The molecule has 2 rings (SSSR count). The molecule has 0 amide bonds. The van der Waals surface area contributed by atoms with Crippen LogP contribution in [0.25, 0.3) is 0 Å². The fourth-order valence-electron chi connectivity index (χ4n) is 2.28. The van der Waals surface area contributed by atoms with Gasteiger partial charge in [-0.2, -0.15) is 0 Å². The van der Waals surface area contributed by atoms with Gasteiger partial charge in [0.25, 0.3) is 0 Å². The van der Waals surface area contributed by atoms with E-state index in [1.807, 2.05) is 12.1 Å². The summed E-state index contributed by atoms with van der Waals surface area (Å²) < 4.78 is 22.9. The lowest BCUT2D eigenvalue weighted by Gasteiger charge is -2.23. The molecule has 1 heterocycles. The molecule has 0 atom stereocenters. The van der Waals surface area contributed by atoms with Gasteiger partial charge in [-0.15, -0.1) is 0 Å². The van der Waals surface area contributed by atoms with Crippen LogP contribution in [-0.4, -0.2) is 36.0 Å². The highest BCUT2D eigenvalue weighted by Gasteiger charge is 2.18. The number of rotatable bonds is 5. The molecule has 1 aromatic carbocycles. The van der Waals surface area contributed by atoms with E-state index >= 15 is 0 Å². The topological polar surface area (TPSA) is 47.6 Å². The molecule has 1 saturated heterocycles. The van der Waals surface area contributed by atoms with E-state index in [0.717, 1.165) is 52.4 Å². The number of nitrogens with one attached hydrogen (secondary N) is 1. The molecule has 0 saturated carbocycles. The second-order valence-corrected chi connectivity index (χ2v) is 7.35. The summed E-state index contributed by atoms with van der Waals surface area (Å²) in [4.78, 5) is 0. The SMILES string of the molecule is COc1cc(Br)c(CNC2CCS(=O)CC2)cc1OC. The Morgan fingerprint density at radius 1 is 1.25 bits per heavy atom. The molecule has 0 bridgehead atoms. The van der Waals surface area contributed by atoms with Crippen molar-refractivity contribution in [3.8, 4) is 11.5 Å². The minimum atomic E-state index is -0.609. The summed E-state index contributed by atoms with van der Waals surface area (Å²) in [7, 11) is 2.66. The molecule has 0 aromatic heterocycles. The average Bonchev–Trinajstić information content (AvgIpc) is 2.47. The zero-order valence-electron chi connectivity index (χ0n) is 11.8. The first-order valence-electron chi connectivity index (χ1n) is 6.62. The van der Waals surface area contributed by atoms with Crippen molar-refractivity contribution in [2.45, 2.75) is 25.4 Å². The van der Waals surface area contributed by atoms with Crippen LogP contribution in [0, 0.1) is 0 Å². The Labute approximate surface area is 130 Å². The molecule has 1 fully saturated rings. The van der Waals surface area contributed by atoms with Crippen LogP contribution >= 0.6 is 15.9 Å². The number of benzene rings is 1. The molecule has 1 N–H and O–H groups in total. The van der Waals surface area contributed by atoms with Crippen molar-refractivity contribution in [2.24, 2.45) is 0 Å². The van der Waals surface area contributed by atoms with E-state index in [1.165, 1.54) is 0 Å². The number of ether oxygens (including phenoxy) is 2. The maximum Gasteiger partial charge on any atom is 0.161 e. The highest BCUT2D eigenvalue weighted by atomic mass is 79.9. The molecule has 0 aliphatic carbocycles. The molecule has 4 nitrogen and oxygen atoms in total. The zero-order valence-corrected chi connectivity index (χ0v) is 14.2. The number of hydrogen-bond donors (Lipinski definition) is 1. The minimum Gasteiger partial charge on any atom is -0.493 e. The van der Waals surface area contributed by atoms with Gasteiger partial charge in [0.2, 0.25) is 0 Å². The van der Waals surface area contributed by atoms with Crippen molar-refractivity contribution in [1.29, 1.82) is 0 Å². The van der Waals surface area contributed by atoms with Crippen LogP contribution in [0.3, 0.4) is 0 Å². The van der Waals surface area contributed by atoms with Crippen LogP contribution in [-0.2, 0) is 17.3 Å². The number of halogens is 1. The Morgan fingerprint density at radius 3 is 2.45 bits per heavy atom. The van der Waals surface area contributed by atoms with Gasteiger partial charge < -0.3 is 14.8 Å². The summed E-state index contributed by atoms with van der Waals surface area (Å²) in [5.41, 5.74) is 1.13. The fraction of sp³-hybridized carbons (Fsp3) is 0.571. The third kappa shape index (κ3) is 3.96. The number of hydrogen-bond acceptors (Lipinski definition) is 4. The lowest BCUT2D eigenvalue weighted by Crippen LogP contribution is -2.35. The molecule has 20 heavy (non-hydrogen) atoms. The van der Waals surface area contributed by atoms with Gasteiger partial charge in [0.05, 0.1) is 14.2 Å². The summed E-state index contributed by atoms with van der Waals surface area (Å²) in [6.45, 7) is 0.762. The summed E-state index contributed by atoms with van der Waals surface area (Å²) in [5.74, 6) is 3.07. The van der Waals surface area contributed by atoms with Crippen LogP contribution in [0.15, 0.2) is 16.6 Å². The van der Waals surface area contributed by atoms with Crippen molar-refractivity contribution in [3.05, 3.63) is 22.2 Å². The molecule has 0 radical (unpaired) electrons. The van der Waals surface area contributed by atoms with Crippen LogP contribution < -0.4 is 14.8 Å². The predicted molar refractivity (Wildman–Crippen MR) is 85.0 cm³/mol. The van der Waals surface area contributed by atoms with Gasteiger partial charge in [-0.25, -0.2) is 0 Å². The third-order valence-corrected chi connectivity index (χ3v) is 5.64. The zero-order chi connectivity index (χ0) is 14.5. The van der Waals surface area contributed by atoms with E-state index in [9.17, 15) is 4.21 Å². The van der Waals surface area contributed by atoms with Gasteiger partial charge in [0, 0.05) is 39.4 Å². The lowest BCUT2D eigenvalue weighted by molar-refractivity contribution is 0.354. The molecule has 0 unspecified atom stereocenters. The summed E-state index contributed by atoms with van der Waals surface area (Å²) >= 11 is 3.56. The van der Waals surface area contributed by atoms with E-state index in [2.05, 4.69) is 21.2 Å². The van der Waals surface area contributed by atoms with Gasteiger partial charge in [-0.3, -0.25) is 4.21 Å². The van der Waals surface area contributed by atoms with E-state index in [1.54, 1.807) is 14.2 Å². The monoisotopic (exact) mass is 361 g/mol. The Bertz CT molecular complexity index is 486. The van der Waals surface area contributed by atoms with E-state index in [4.69, 9.17) is 9.47 Å². The second kappa shape index (κ2) is 7.43. The molecule has 1 aliphatic rings.